The summed E-state index contributed by atoms with van der Waals surface area (Å²) >= 11 is 0. The van der Waals surface area contributed by atoms with Crippen molar-refractivity contribution < 1.29 is 14.4 Å². The van der Waals surface area contributed by atoms with E-state index in [2.05, 4.69) is 10.4 Å². The monoisotopic (exact) mass is 352 g/mol. The van der Waals surface area contributed by atoms with Crippen LogP contribution in [0.15, 0.2) is 30.5 Å². The summed E-state index contributed by atoms with van der Waals surface area (Å²) in [7, 11) is 1.72. The normalized spacial score (nSPS) is 17.5. The van der Waals surface area contributed by atoms with Crippen molar-refractivity contribution in [2.24, 2.45) is 7.05 Å². The number of benzene rings is 1. The lowest BCUT2D eigenvalue weighted by atomic mass is 9.94. The fourth-order valence-electron chi connectivity index (χ4n) is 3.76. The number of amides is 3. The third-order valence-corrected chi connectivity index (χ3v) is 5.18. The molecule has 2 aliphatic rings. The van der Waals surface area contributed by atoms with Crippen molar-refractivity contribution >= 4 is 23.5 Å². The Hall–Kier alpha value is -2.96. The predicted octanol–water partition coefficient (Wildman–Crippen LogP) is 2.60. The number of carbonyl (C=O) groups is 3. The lowest BCUT2D eigenvalue weighted by Crippen LogP contribution is -2.40. The summed E-state index contributed by atoms with van der Waals surface area (Å²) in [5, 5.41) is 6.75. The second-order valence-electron chi connectivity index (χ2n) is 6.83. The van der Waals surface area contributed by atoms with Crippen LogP contribution in [0.3, 0.4) is 0 Å². The van der Waals surface area contributed by atoms with E-state index in [9.17, 15) is 14.4 Å². The van der Waals surface area contributed by atoms with E-state index in [0.29, 0.717) is 22.5 Å². The van der Waals surface area contributed by atoms with Crippen molar-refractivity contribution in [2.45, 2.75) is 38.1 Å². The molecule has 134 valence electrons. The minimum Gasteiger partial charge on any atom is -0.307 e. The number of anilines is 1. The van der Waals surface area contributed by atoms with Crippen LogP contribution in [0.5, 0.6) is 0 Å². The van der Waals surface area contributed by atoms with Crippen molar-refractivity contribution in [2.75, 3.05) is 5.32 Å². The zero-order valence-electron chi connectivity index (χ0n) is 14.6. The number of hydrogen-bond acceptors (Lipinski definition) is 4. The molecule has 0 radical (unpaired) electrons. The standard InChI is InChI=1S/C19H20N4O3/c1-22-16(9-10-20-22)21-17(24)12-7-8-14-15(11-12)19(26)23(18(14)25)13-5-3-2-4-6-13/h7-11,13H,2-6H2,1H3,(H,21,24). The van der Waals surface area contributed by atoms with E-state index in [4.69, 9.17) is 0 Å². The molecule has 1 aromatic carbocycles. The van der Waals surface area contributed by atoms with Crippen molar-refractivity contribution in [3.63, 3.8) is 0 Å². The summed E-state index contributed by atoms with van der Waals surface area (Å²) in [6.45, 7) is 0. The summed E-state index contributed by atoms with van der Waals surface area (Å²) in [5.74, 6) is -0.308. The van der Waals surface area contributed by atoms with Crippen LogP contribution in [0, 0.1) is 0 Å². The fourth-order valence-corrected chi connectivity index (χ4v) is 3.76. The Labute approximate surface area is 151 Å². The molecule has 0 atom stereocenters. The molecule has 7 nitrogen and oxygen atoms in total. The molecule has 0 spiro atoms. The number of aryl methyl sites for hydroxylation is 1. The molecule has 2 aromatic rings. The smallest absolute Gasteiger partial charge is 0.261 e. The number of imide groups is 1. The van der Waals surface area contributed by atoms with E-state index >= 15 is 0 Å². The van der Waals surface area contributed by atoms with Crippen LogP contribution in [0.2, 0.25) is 0 Å². The molecule has 26 heavy (non-hydrogen) atoms. The Morgan fingerprint density at radius 1 is 1.08 bits per heavy atom. The van der Waals surface area contributed by atoms with Gasteiger partial charge in [-0.3, -0.25) is 24.0 Å². The van der Waals surface area contributed by atoms with Crippen molar-refractivity contribution in [1.29, 1.82) is 0 Å². The van der Waals surface area contributed by atoms with Crippen LogP contribution >= 0.6 is 0 Å². The van der Waals surface area contributed by atoms with E-state index in [-0.39, 0.29) is 23.8 Å². The predicted molar refractivity (Wildman–Crippen MR) is 95.0 cm³/mol. The maximum atomic E-state index is 12.8. The van der Waals surface area contributed by atoms with Crippen molar-refractivity contribution in [3.8, 4) is 0 Å². The quantitative estimate of drug-likeness (QED) is 0.861. The van der Waals surface area contributed by atoms with Gasteiger partial charge in [0.2, 0.25) is 0 Å². The first-order valence-electron chi connectivity index (χ1n) is 8.87. The lowest BCUT2D eigenvalue weighted by Gasteiger charge is -2.29. The number of fused-ring (bicyclic) bond motifs is 1. The number of hydrogen-bond donors (Lipinski definition) is 1. The SMILES string of the molecule is Cn1nccc1NC(=O)c1ccc2c(c1)C(=O)N(C1CCCCC1)C2=O. The Kier molecular flexibility index (Phi) is 4.06. The highest BCUT2D eigenvalue weighted by atomic mass is 16.2. The number of aromatic nitrogens is 2. The van der Waals surface area contributed by atoms with Crippen LogP contribution in [0.25, 0.3) is 0 Å². The third-order valence-electron chi connectivity index (χ3n) is 5.18. The second-order valence-corrected chi connectivity index (χ2v) is 6.83. The van der Waals surface area contributed by atoms with Gasteiger partial charge in [-0.15, -0.1) is 0 Å². The minimum atomic E-state index is -0.340. The first-order valence-corrected chi connectivity index (χ1v) is 8.87. The summed E-state index contributed by atoms with van der Waals surface area (Å²) in [4.78, 5) is 39.4. The highest BCUT2D eigenvalue weighted by Gasteiger charge is 2.40. The van der Waals surface area contributed by atoms with Gasteiger partial charge in [0.05, 0.1) is 17.3 Å². The van der Waals surface area contributed by atoms with Gasteiger partial charge in [0, 0.05) is 24.7 Å². The Bertz CT molecular complexity index is 896. The van der Waals surface area contributed by atoms with E-state index in [1.54, 1.807) is 36.1 Å². The van der Waals surface area contributed by atoms with Gasteiger partial charge in [-0.25, -0.2) is 0 Å². The van der Waals surface area contributed by atoms with Gasteiger partial charge in [-0.2, -0.15) is 5.10 Å². The number of nitrogens with zero attached hydrogens (tertiary/aromatic N) is 3. The van der Waals surface area contributed by atoms with E-state index in [0.717, 1.165) is 32.1 Å². The first-order chi connectivity index (χ1) is 12.6. The van der Waals surface area contributed by atoms with Gasteiger partial charge in [-0.05, 0) is 31.0 Å². The molecule has 1 saturated carbocycles. The van der Waals surface area contributed by atoms with Crippen molar-refractivity contribution in [1.82, 2.24) is 14.7 Å². The molecule has 1 N–H and O–H groups in total. The van der Waals surface area contributed by atoms with Gasteiger partial charge in [0.15, 0.2) is 0 Å². The molecule has 0 saturated heterocycles. The number of nitrogens with one attached hydrogen (secondary N) is 1. The van der Waals surface area contributed by atoms with Gasteiger partial charge in [-0.1, -0.05) is 19.3 Å². The second kappa shape index (κ2) is 6.40. The summed E-state index contributed by atoms with van der Waals surface area (Å²) in [6.07, 6.45) is 6.53. The molecule has 1 aliphatic carbocycles. The van der Waals surface area contributed by atoms with Crippen LogP contribution < -0.4 is 5.32 Å². The van der Waals surface area contributed by atoms with Gasteiger partial charge in [0.25, 0.3) is 17.7 Å². The molecule has 3 amide bonds. The maximum absolute atomic E-state index is 12.8. The largest absolute Gasteiger partial charge is 0.307 e. The lowest BCUT2D eigenvalue weighted by molar-refractivity contribution is 0.0549. The summed E-state index contributed by atoms with van der Waals surface area (Å²) in [5.41, 5.74) is 1.05. The van der Waals surface area contributed by atoms with Crippen LogP contribution in [-0.2, 0) is 7.05 Å². The zero-order valence-corrected chi connectivity index (χ0v) is 14.6. The Morgan fingerprint density at radius 3 is 2.50 bits per heavy atom. The van der Waals surface area contributed by atoms with E-state index in [1.165, 1.54) is 11.0 Å². The molecular weight excluding hydrogens is 332 g/mol. The van der Waals surface area contributed by atoms with Gasteiger partial charge in [0.1, 0.15) is 5.82 Å². The molecule has 1 fully saturated rings. The zero-order chi connectivity index (χ0) is 18.3. The molecule has 4 rings (SSSR count). The first kappa shape index (κ1) is 16.5. The van der Waals surface area contributed by atoms with E-state index in [1.807, 2.05) is 0 Å². The Balaban J connectivity index is 1.59. The van der Waals surface area contributed by atoms with E-state index < -0.39 is 0 Å². The minimum absolute atomic E-state index is 0.0251. The third kappa shape index (κ3) is 2.69. The summed E-state index contributed by atoms with van der Waals surface area (Å²) in [6, 6.07) is 6.34. The van der Waals surface area contributed by atoms with Crippen LogP contribution in [-0.4, -0.2) is 38.4 Å². The highest BCUT2D eigenvalue weighted by Crippen LogP contribution is 2.31. The molecule has 0 bridgehead atoms. The maximum Gasteiger partial charge on any atom is 0.261 e. The average Bonchev–Trinajstić information content (AvgIpc) is 3.17. The van der Waals surface area contributed by atoms with Crippen LogP contribution in [0.4, 0.5) is 5.82 Å². The molecule has 0 unspecified atom stereocenters. The number of rotatable bonds is 3. The topological polar surface area (TPSA) is 84.3 Å². The molecular formula is C19H20N4O3. The molecule has 1 aromatic heterocycles. The van der Waals surface area contributed by atoms with Crippen molar-refractivity contribution in [3.05, 3.63) is 47.2 Å². The fraction of sp³-hybridized carbons (Fsp3) is 0.368. The summed E-state index contributed by atoms with van der Waals surface area (Å²) < 4.78 is 1.55. The van der Waals surface area contributed by atoms with Gasteiger partial charge < -0.3 is 5.32 Å². The number of carbonyl (C=O) groups excluding carboxylic acids is 3. The molecule has 1 aliphatic heterocycles. The molecule has 2 heterocycles. The highest BCUT2D eigenvalue weighted by molar-refractivity contribution is 6.22. The Morgan fingerprint density at radius 2 is 1.81 bits per heavy atom. The molecule has 7 heteroatoms. The van der Waals surface area contributed by atoms with Crippen LogP contribution in [0.1, 0.15) is 63.2 Å². The average molecular weight is 352 g/mol. The van der Waals surface area contributed by atoms with Gasteiger partial charge >= 0.3 is 0 Å².